The molecule has 52 heavy (non-hydrogen) atoms. The molecule has 10 aromatic rings. The minimum absolute atomic E-state index is 0.800. The van der Waals surface area contributed by atoms with Gasteiger partial charge in [-0.2, -0.15) is 0 Å². The van der Waals surface area contributed by atoms with E-state index in [2.05, 4.69) is 181 Å². The first kappa shape index (κ1) is 29.9. The van der Waals surface area contributed by atoms with Crippen molar-refractivity contribution in [1.82, 2.24) is 4.98 Å². The Morgan fingerprint density at radius 3 is 1.77 bits per heavy atom. The van der Waals surface area contributed by atoms with Crippen LogP contribution >= 0.6 is 0 Å². The third-order valence-electron chi connectivity index (χ3n) is 10.0. The zero-order valence-corrected chi connectivity index (χ0v) is 28.3. The lowest BCUT2D eigenvalue weighted by molar-refractivity contribution is 0.669. The molecule has 0 saturated carbocycles. The van der Waals surface area contributed by atoms with Crippen LogP contribution in [0.4, 0.5) is 17.1 Å². The molecule has 0 spiro atoms. The van der Waals surface area contributed by atoms with Crippen LogP contribution in [0.25, 0.3) is 77.1 Å². The maximum atomic E-state index is 6.17. The summed E-state index contributed by atoms with van der Waals surface area (Å²) in [5.74, 6) is 0. The number of hydrogen-bond acceptors (Lipinski definition) is 3. The van der Waals surface area contributed by atoms with Crippen molar-refractivity contribution in [2.75, 3.05) is 4.90 Å². The van der Waals surface area contributed by atoms with E-state index in [-0.39, 0.29) is 0 Å². The Kier molecular flexibility index (Phi) is 7.14. The fourth-order valence-electron chi connectivity index (χ4n) is 7.44. The van der Waals surface area contributed by atoms with Gasteiger partial charge in [-0.1, -0.05) is 140 Å². The summed E-state index contributed by atoms with van der Waals surface area (Å²) in [5.41, 5.74) is 13.8. The van der Waals surface area contributed by atoms with E-state index in [1.807, 2.05) is 18.2 Å². The van der Waals surface area contributed by atoms with Crippen molar-refractivity contribution in [3.05, 3.63) is 194 Å². The van der Waals surface area contributed by atoms with Gasteiger partial charge in [-0.3, -0.25) is 0 Å². The summed E-state index contributed by atoms with van der Waals surface area (Å²) in [5, 5.41) is 4.53. The van der Waals surface area contributed by atoms with E-state index in [1.165, 1.54) is 44.2 Å². The zero-order valence-electron chi connectivity index (χ0n) is 28.3. The van der Waals surface area contributed by atoms with Crippen molar-refractivity contribution in [3.8, 4) is 33.4 Å². The Bertz CT molecular complexity index is 2880. The normalized spacial score (nSPS) is 11.5. The maximum Gasteiger partial charge on any atom is 0.154 e. The lowest BCUT2D eigenvalue weighted by Crippen LogP contribution is -2.10. The number of benzene rings is 8. The number of aromatic nitrogens is 1. The third-order valence-corrected chi connectivity index (χ3v) is 10.0. The van der Waals surface area contributed by atoms with Crippen molar-refractivity contribution in [2.45, 2.75) is 0 Å². The number of pyridine rings is 1. The monoisotopic (exact) mass is 664 g/mol. The summed E-state index contributed by atoms with van der Waals surface area (Å²) in [6.45, 7) is 0. The number of furan rings is 1. The fraction of sp³-hybridized carbons (Fsp3) is 0. The van der Waals surface area contributed by atoms with Gasteiger partial charge in [-0.25, -0.2) is 4.98 Å². The van der Waals surface area contributed by atoms with Gasteiger partial charge in [-0.15, -0.1) is 0 Å². The molecule has 244 valence electrons. The van der Waals surface area contributed by atoms with Crippen LogP contribution in [0.3, 0.4) is 0 Å². The van der Waals surface area contributed by atoms with Crippen molar-refractivity contribution in [1.29, 1.82) is 0 Å². The summed E-state index contributed by atoms with van der Waals surface area (Å²) in [6.07, 6.45) is 0. The molecule has 0 radical (unpaired) electrons. The van der Waals surface area contributed by atoms with Gasteiger partial charge in [0.15, 0.2) is 5.58 Å². The second-order valence-corrected chi connectivity index (χ2v) is 13.2. The third kappa shape index (κ3) is 5.28. The standard InChI is InChI=1S/C49H32N2O/c1-2-10-33(11-3-1)34-20-22-35(23-21-34)36-24-27-40(28-25-36)51(41-15-8-14-38(30-41)44-18-9-13-37-12-4-5-16-43(37)44)42-29-26-39-31-48-49(50-46(39)32-42)45-17-6-7-19-47(45)52-48/h1-32H. The summed E-state index contributed by atoms with van der Waals surface area (Å²) in [6, 6.07) is 68.9. The molecule has 0 aliphatic rings. The molecule has 3 heteroatoms. The highest BCUT2D eigenvalue weighted by Gasteiger charge is 2.17. The Hall–Kier alpha value is -6.97. The van der Waals surface area contributed by atoms with E-state index < -0.39 is 0 Å². The van der Waals surface area contributed by atoms with Gasteiger partial charge in [0.25, 0.3) is 0 Å². The zero-order chi connectivity index (χ0) is 34.4. The highest BCUT2D eigenvalue weighted by Crippen LogP contribution is 2.40. The Morgan fingerprint density at radius 1 is 0.365 bits per heavy atom. The van der Waals surface area contributed by atoms with Crippen LogP contribution in [0.5, 0.6) is 0 Å². The molecule has 0 unspecified atom stereocenters. The first-order valence-electron chi connectivity index (χ1n) is 17.6. The Morgan fingerprint density at radius 2 is 0.962 bits per heavy atom. The summed E-state index contributed by atoms with van der Waals surface area (Å²) >= 11 is 0. The number of anilines is 3. The van der Waals surface area contributed by atoms with Crippen molar-refractivity contribution in [3.63, 3.8) is 0 Å². The number of nitrogens with zero attached hydrogens (tertiary/aromatic N) is 2. The number of fused-ring (bicyclic) bond motifs is 5. The van der Waals surface area contributed by atoms with E-state index >= 15 is 0 Å². The average Bonchev–Trinajstić information content (AvgIpc) is 3.58. The molecule has 2 aromatic heterocycles. The Labute approximate surface area is 301 Å². The minimum Gasteiger partial charge on any atom is -0.454 e. The van der Waals surface area contributed by atoms with Gasteiger partial charge in [0, 0.05) is 27.8 Å². The van der Waals surface area contributed by atoms with Crippen LogP contribution < -0.4 is 4.90 Å². The predicted molar refractivity (Wildman–Crippen MR) is 218 cm³/mol. The molecule has 3 nitrogen and oxygen atoms in total. The molecule has 0 saturated heterocycles. The van der Waals surface area contributed by atoms with Gasteiger partial charge < -0.3 is 9.32 Å². The first-order valence-corrected chi connectivity index (χ1v) is 17.6. The van der Waals surface area contributed by atoms with Crippen LogP contribution in [0, 0.1) is 0 Å². The molecule has 0 aliphatic heterocycles. The minimum atomic E-state index is 0.800. The first-order chi connectivity index (χ1) is 25.7. The molecular formula is C49H32N2O. The molecule has 0 aliphatic carbocycles. The van der Waals surface area contributed by atoms with Gasteiger partial charge in [0.2, 0.25) is 0 Å². The number of para-hydroxylation sites is 1. The quantitative estimate of drug-likeness (QED) is 0.177. The summed E-state index contributed by atoms with van der Waals surface area (Å²) in [4.78, 5) is 7.49. The molecule has 0 atom stereocenters. The topological polar surface area (TPSA) is 29.3 Å². The molecule has 2 heterocycles. The smallest absolute Gasteiger partial charge is 0.154 e. The molecule has 0 fully saturated rings. The van der Waals surface area contributed by atoms with Crippen LogP contribution in [-0.4, -0.2) is 4.98 Å². The molecule has 0 bridgehead atoms. The van der Waals surface area contributed by atoms with Crippen molar-refractivity contribution < 1.29 is 4.42 Å². The van der Waals surface area contributed by atoms with Gasteiger partial charge in [-0.05, 0) is 98.8 Å². The molecule has 0 N–H and O–H groups in total. The molecule has 0 amide bonds. The highest BCUT2D eigenvalue weighted by atomic mass is 16.3. The second-order valence-electron chi connectivity index (χ2n) is 13.2. The van der Waals surface area contributed by atoms with Crippen molar-refractivity contribution >= 4 is 60.8 Å². The molecular weight excluding hydrogens is 633 g/mol. The maximum absolute atomic E-state index is 6.17. The van der Waals surface area contributed by atoms with E-state index in [0.29, 0.717) is 0 Å². The van der Waals surface area contributed by atoms with E-state index in [0.717, 1.165) is 50.0 Å². The second kappa shape index (κ2) is 12.4. The summed E-state index contributed by atoms with van der Waals surface area (Å²) < 4.78 is 6.17. The predicted octanol–water partition coefficient (Wildman–Crippen LogP) is 13.8. The van der Waals surface area contributed by atoms with Crippen LogP contribution in [0.2, 0.25) is 0 Å². The van der Waals surface area contributed by atoms with E-state index in [9.17, 15) is 0 Å². The van der Waals surface area contributed by atoms with Gasteiger partial charge in [0.1, 0.15) is 11.1 Å². The van der Waals surface area contributed by atoms with Crippen molar-refractivity contribution in [2.24, 2.45) is 0 Å². The highest BCUT2D eigenvalue weighted by molar-refractivity contribution is 6.06. The Balaban J connectivity index is 1.09. The van der Waals surface area contributed by atoms with Gasteiger partial charge >= 0.3 is 0 Å². The lowest BCUT2D eigenvalue weighted by atomic mass is 9.97. The number of hydrogen-bond donors (Lipinski definition) is 0. The fourth-order valence-corrected chi connectivity index (χ4v) is 7.44. The number of rotatable bonds is 6. The van der Waals surface area contributed by atoms with E-state index in [4.69, 9.17) is 9.40 Å². The van der Waals surface area contributed by atoms with Gasteiger partial charge in [0.05, 0.1) is 5.52 Å². The largest absolute Gasteiger partial charge is 0.454 e. The average molecular weight is 665 g/mol. The molecule has 8 aromatic carbocycles. The van der Waals surface area contributed by atoms with Crippen LogP contribution in [0.1, 0.15) is 0 Å². The van der Waals surface area contributed by atoms with E-state index in [1.54, 1.807) is 0 Å². The molecule has 10 rings (SSSR count). The lowest BCUT2D eigenvalue weighted by Gasteiger charge is -2.26. The summed E-state index contributed by atoms with van der Waals surface area (Å²) in [7, 11) is 0. The van der Waals surface area contributed by atoms with Crippen LogP contribution in [0.15, 0.2) is 199 Å². The SMILES string of the molecule is c1ccc(-c2ccc(-c3ccc(N(c4cccc(-c5cccc6ccccc56)c4)c4ccc5cc6oc7ccccc7c6nc5c4)cc3)cc2)cc1. The van der Waals surface area contributed by atoms with Crippen LogP contribution in [-0.2, 0) is 0 Å².